The van der Waals surface area contributed by atoms with Crippen LogP contribution >= 0.6 is 15.9 Å². The molecular formula is C15H21BrN2O3. The molecule has 1 aromatic rings. The van der Waals surface area contributed by atoms with Gasteiger partial charge in [-0.1, -0.05) is 22.0 Å². The number of anilines is 1. The molecule has 1 fully saturated rings. The molecular weight excluding hydrogens is 336 g/mol. The Morgan fingerprint density at radius 3 is 2.81 bits per heavy atom. The van der Waals surface area contributed by atoms with Crippen LogP contribution in [0.2, 0.25) is 0 Å². The molecule has 0 radical (unpaired) electrons. The molecule has 21 heavy (non-hydrogen) atoms. The van der Waals surface area contributed by atoms with E-state index in [9.17, 15) is 4.79 Å². The number of hydrogen-bond donors (Lipinski definition) is 1. The average molecular weight is 357 g/mol. The van der Waals surface area contributed by atoms with Crippen LogP contribution in [0, 0.1) is 0 Å². The number of nitrogens with two attached hydrogens (primary N) is 1. The summed E-state index contributed by atoms with van der Waals surface area (Å²) in [7, 11) is 0. The van der Waals surface area contributed by atoms with Crippen molar-refractivity contribution in [2.45, 2.75) is 19.4 Å². The van der Waals surface area contributed by atoms with Crippen LogP contribution in [0.5, 0.6) is 0 Å². The summed E-state index contributed by atoms with van der Waals surface area (Å²) in [4.78, 5) is 13.9. The first kappa shape index (κ1) is 16.3. The van der Waals surface area contributed by atoms with Gasteiger partial charge in [-0.05, 0) is 31.0 Å². The monoisotopic (exact) mass is 356 g/mol. The molecule has 2 N–H and O–H groups in total. The lowest BCUT2D eigenvalue weighted by Gasteiger charge is -2.29. The first-order valence-electron chi connectivity index (χ1n) is 7.15. The Balaban J connectivity index is 2.03. The normalized spacial score (nSPS) is 16.6. The third kappa shape index (κ3) is 4.43. The molecule has 2 rings (SSSR count). The Morgan fingerprint density at radius 1 is 1.48 bits per heavy atom. The highest BCUT2D eigenvalue weighted by Crippen LogP contribution is 2.25. The van der Waals surface area contributed by atoms with Crippen LogP contribution in [-0.2, 0) is 20.7 Å². The molecule has 1 atom stereocenters. The second-order valence-electron chi connectivity index (χ2n) is 4.94. The maximum atomic E-state index is 11.6. The topological polar surface area (TPSA) is 64.8 Å². The molecule has 0 amide bonds. The van der Waals surface area contributed by atoms with E-state index < -0.39 is 6.04 Å². The van der Waals surface area contributed by atoms with Crippen molar-refractivity contribution in [1.29, 1.82) is 0 Å². The van der Waals surface area contributed by atoms with Crippen LogP contribution in [0.1, 0.15) is 12.5 Å². The fraction of sp³-hybridized carbons (Fsp3) is 0.533. The van der Waals surface area contributed by atoms with Crippen molar-refractivity contribution in [3.8, 4) is 0 Å². The van der Waals surface area contributed by atoms with E-state index in [0.717, 1.165) is 42.0 Å². The molecule has 116 valence electrons. The van der Waals surface area contributed by atoms with E-state index >= 15 is 0 Å². The number of rotatable bonds is 5. The number of esters is 1. The Hall–Kier alpha value is -1.11. The highest BCUT2D eigenvalue weighted by Gasteiger charge is 2.18. The number of carbonyl (C=O) groups is 1. The van der Waals surface area contributed by atoms with Crippen molar-refractivity contribution in [1.82, 2.24) is 0 Å². The van der Waals surface area contributed by atoms with Gasteiger partial charge in [0.25, 0.3) is 0 Å². The average Bonchev–Trinajstić information content (AvgIpc) is 2.50. The second kappa shape index (κ2) is 7.77. The largest absolute Gasteiger partial charge is 0.465 e. The van der Waals surface area contributed by atoms with E-state index in [2.05, 4.69) is 33.0 Å². The van der Waals surface area contributed by atoms with Crippen LogP contribution in [0.4, 0.5) is 5.69 Å². The molecule has 1 aliphatic rings. The van der Waals surface area contributed by atoms with Gasteiger partial charge in [-0.2, -0.15) is 0 Å². The Kier molecular flexibility index (Phi) is 6.02. The molecule has 0 bridgehead atoms. The third-order valence-electron chi connectivity index (χ3n) is 3.44. The lowest BCUT2D eigenvalue weighted by atomic mass is 10.1. The fourth-order valence-corrected chi connectivity index (χ4v) is 2.82. The minimum absolute atomic E-state index is 0.351. The summed E-state index contributed by atoms with van der Waals surface area (Å²) in [6.07, 6.45) is 0.461. The number of hydrogen-bond acceptors (Lipinski definition) is 5. The van der Waals surface area contributed by atoms with E-state index in [-0.39, 0.29) is 5.97 Å². The van der Waals surface area contributed by atoms with E-state index in [4.69, 9.17) is 15.2 Å². The van der Waals surface area contributed by atoms with Gasteiger partial charge < -0.3 is 20.1 Å². The summed E-state index contributed by atoms with van der Waals surface area (Å²) in [5, 5.41) is 0. The van der Waals surface area contributed by atoms with Crippen molar-refractivity contribution in [2.75, 3.05) is 37.8 Å². The van der Waals surface area contributed by atoms with Gasteiger partial charge in [0.15, 0.2) is 0 Å². The van der Waals surface area contributed by atoms with Crippen LogP contribution in [0.15, 0.2) is 22.7 Å². The zero-order valence-corrected chi connectivity index (χ0v) is 13.8. The molecule has 0 spiro atoms. The van der Waals surface area contributed by atoms with Gasteiger partial charge in [-0.25, -0.2) is 0 Å². The quantitative estimate of drug-likeness (QED) is 0.813. The SMILES string of the molecule is CCOC(=O)C(N)Cc1ccc(N2CCOCC2)cc1Br. The van der Waals surface area contributed by atoms with Gasteiger partial charge >= 0.3 is 5.97 Å². The smallest absolute Gasteiger partial charge is 0.323 e. The molecule has 0 aromatic heterocycles. The first-order valence-corrected chi connectivity index (χ1v) is 7.94. The van der Waals surface area contributed by atoms with E-state index in [0.29, 0.717) is 13.0 Å². The Labute approximate surface area is 133 Å². The third-order valence-corrected chi connectivity index (χ3v) is 4.18. The fourth-order valence-electron chi connectivity index (χ4n) is 2.29. The maximum absolute atomic E-state index is 11.6. The number of morpholine rings is 1. The zero-order valence-electron chi connectivity index (χ0n) is 12.2. The first-order chi connectivity index (χ1) is 10.1. The summed E-state index contributed by atoms with van der Waals surface area (Å²) < 4.78 is 11.3. The molecule has 6 heteroatoms. The van der Waals surface area contributed by atoms with Gasteiger partial charge in [-0.15, -0.1) is 0 Å². The van der Waals surface area contributed by atoms with Gasteiger partial charge in [0, 0.05) is 23.2 Å². The lowest BCUT2D eigenvalue weighted by molar-refractivity contribution is -0.144. The van der Waals surface area contributed by atoms with Crippen molar-refractivity contribution in [2.24, 2.45) is 5.73 Å². The summed E-state index contributed by atoms with van der Waals surface area (Å²) in [6, 6.07) is 5.51. The van der Waals surface area contributed by atoms with Gasteiger partial charge in [-0.3, -0.25) is 4.79 Å². The molecule has 0 aliphatic carbocycles. The maximum Gasteiger partial charge on any atom is 0.323 e. The van der Waals surface area contributed by atoms with Crippen molar-refractivity contribution in [3.63, 3.8) is 0 Å². The summed E-state index contributed by atoms with van der Waals surface area (Å²) in [5.74, 6) is -0.360. The van der Waals surface area contributed by atoms with Crippen molar-refractivity contribution in [3.05, 3.63) is 28.2 Å². The predicted octanol–water partition coefficient (Wildman–Crippen LogP) is 1.72. The minimum atomic E-state index is -0.629. The second-order valence-corrected chi connectivity index (χ2v) is 5.79. The van der Waals surface area contributed by atoms with Crippen LogP contribution in [0.3, 0.4) is 0 Å². The van der Waals surface area contributed by atoms with Gasteiger partial charge in [0.2, 0.25) is 0 Å². The van der Waals surface area contributed by atoms with E-state index in [1.54, 1.807) is 6.92 Å². The standard InChI is InChI=1S/C15H21BrN2O3/c1-2-21-15(19)14(17)9-11-3-4-12(10-13(11)16)18-5-7-20-8-6-18/h3-4,10,14H,2,5-9,17H2,1H3. The number of nitrogens with zero attached hydrogens (tertiary/aromatic N) is 1. The molecule has 0 saturated carbocycles. The Bertz CT molecular complexity index is 490. The van der Waals surface area contributed by atoms with E-state index in [1.165, 1.54) is 0 Å². The molecule has 5 nitrogen and oxygen atoms in total. The molecule has 1 aromatic carbocycles. The van der Waals surface area contributed by atoms with Crippen molar-refractivity contribution < 1.29 is 14.3 Å². The van der Waals surface area contributed by atoms with E-state index in [1.807, 2.05) is 6.07 Å². The molecule has 1 heterocycles. The summed E-state index contributed by atoms with van der Waals surface area (Å²) in [6.45, 7) is 5.43. The van der Waals surface area contributed by atoms with Crippen LogP contribution in [0.25, 0.3) is 0 Å². The highest BCUT2D eigenvalue weighted by atomic mass is 79.9. The highest BCUT2D eigenvalue weighted by molar-refractivity contribution is 9.10. The Morgan fingerprint density at radius 2 is 2.19 bits per heavy atom. The van der Waals surface area contributed by atoms with Gasteiger partial charge in [0.1, 0.15) is 6.04 Å². The van der Waals surface area contributed by atoms with Gasteiger partial charge in [0.05, 0.1) is 19.8 Å². The number of ether oxygens (including phenoxy) is 2. The molecule has 1 unspecified atom stereocenters. The number of halogens is 1. The predicted molar refractivity (Wildman–Crippen MR) is 85.5 cm³/mol. The number of benzene rings is 1. The molecule has 1 saturated heterocycles. The lowest BCUT2D eigenvalue weighted by Crippen LogP contribution is -2.36. The minimum Gasteiger partial charge on any atom is -0.465 e. The summed E-state index contributed by atoms with van der Waals surface area (Å²) >= 11 is 3.56. The van der Waals surface area contributed by atoms with Crippen LogP contribution < -0.4 is 10.6 Å². The molecule has 1 aliphatic heterocycles. The van der Waals surface area contributed by atoms with Crippen molar-refractivity contribution >= 4 is 27.6 Å². The van der Waals surface area contributed by atoms with Crippen LogP contribution in [-0.4, -0.2) is 44.9 Å². The number of carbonyl (C=O) groups excluding carboxylic acids is 1. The zero-order chi connectivity index (χ0) is 15.2. The summed E-state index contributed by atoms with van der Waals surface area (Å²) in [5.41, 5.74) is 8.02.